The van der Waals surface area contributed by atoms with Crippen LogP contribution in [0.4, 0.5) is 0 Å². The van der Waals surface area contributed by atoms with Gasteiger partial charge >= 0.3 is 11.9 Å². The number of carbonyl (C=O) groups excluding carboxylic acids is 2. The predicted molar refractivity (Wildman–Crippen MR) is 128 cm³/mol. The number of rotatable bonds is 7. The third kappa shape index (κ3) is 5.88. The van der Waals surface area contributed by atoms with E-state index >= 15 is 0 Å². The van der Waals surface area contributed by atoms with Gasteiger partial charge in [-0.2, -0.15) is 0 Å². The molecule has 1 aliphatic heterocycles. The van der Waals surface area contributed by atoms with Gasteiger partial charge in [-0.05, 0) is 67.5 Å². The number of ether oxygens (including phenoxy) is 3. The zero-order chi connectivity index (χ0) is 24.0. The van der Waals surface area contributed by atoms with E-state index in [-0.39, 0.29) is 23.1 Å². The number of aromatic nitrogens is 1. The molecule has 2 heterocycles. The van der Waals surface area contributed by atoms with Crippen molar-refractivity contribution in [2.45, 2.75) is 19.9 Å². The zero-order valence-corrected chi connectivity index (χ0v) is 19.8. The van der Waals surface area contributed by atoms with Crippen LogP contribution >= 0.6 is 23.8 Å². The minimum atomic E-state index is -0.638. The molecule has 10 heteroatoms. The maximum atomic E-state index is 12.6. The van der Waals surface area contributed by atoms with Crippen molar-refractivity contribution in [1.82, 2.24) is 15.6 Å². The van der Waals surface area contributed by atoms with Crippen LogP contribution in [-0.2, 0) is 14.3 Å². The Balaban J connectivity index is 1.91. The minimum absolute atomic E-state index is 0.0576. The molecule has 3 rings (SSSR count). The van der Waals surface area contributed by atoms with Crippen LogP contribution < -0.4 is 20.1 Å². The summed E-state index contributed by atoms with van der Waals surface area (Å²) in [4.78, 5) is 28.9. The molecule has 0 saturated heterocycles. The van der Waals surface area contributed by atoms with E-state index in [0.717, 1.165) is 5.56 Å². The summed E-state index contributed by atoms with van der Waals surface area (Å²) in [5, 5.41) is 6.46. The molecule has 0 amide bonds. The summed E-state index contributed by atoms with van der Waals surface area (Å²) in [6.07, 6.45) is 6.10. The fourth-order valence-electron chi connectivity index (χ4n) is 3.20. The van der Waals surface area contributed by atoms with Crippen molar-refractivity contribution in [3.05, 3.63) is 70.2 Å². The lowest BCUT2D eigenvalue weighted by Gasteiger charge is -2.30. The van der Waals surface area contributed by atoms with Crippen molar-refractivity contribution in [2.75, 3.05) is 13.7 Å². The maximum Gasteiger partial charge on any atom is 0.338 e. The predicted octanol–water partition coefficient (Wildman–Crippen LogP) is 3.72. The molecular formula is C23H22ClN3O5S. The van der Waals surface area contributed by atoms with Gasteiger partial charge < -0.3 is 24.8 Å². The third-order valence-electron chi connectivity index (χ3n) is 4.67. The first kappa shape index (κ1) is 24.2. The Hall–Kier alpha value is -3.43. The van der Waals surface area contributed by atoms with Gasteiger partial charge in [0.25, 0.3) is 0 Å². The first-order valence-electron chi connectivity index (χ1n) is 9.96. The smallest absolute Gasteiger partial charge is 0.338 e. The van der Waals surface area contributed by atoms with E-state index in [1.807, 2.05) is 0 Å². The molecular weight excluding hydrogens is 466 g/mol. The number of hydrogen-bond acceptors (Lipinski definition) is 7. The molecule has 0 spiro atoms. The standard InChI is InChI=1S/C23H22ClN3O5S/c1-4-31-22(29)19-13(2)26-23(33)27-20(19)15-11-16(24)21(17(12-15)30-3)32-18(28)6-5-14-7-9-25-10-8-14/h5-12,20H,4H2,1-3H3,(H2,26,27,33)/b6-5+. The lowest BCUT2D eigenvalue weighted by molar-refractivity contribution is -0.139. The Kier molecular flexibility index (Phi) is 8.02. The van der Waals surface area contributed by atoms with Crippen LogP contribution in [0.5, 0.6) is 11.5 Å². The highest BCUT2D eigenvalue weighted by Gasteiger charge is 2.32. The van der Waals surface area contributed by atoms with E-state index in [1.165, 1.54) is 13.2 Å². The number of pyridine rings is 1. The van der Waals surface area contributed by atoms with Gasteiger partial charge in [0, 0.05) is 24.2 Å². The fourth-order valence-corrected chi connectivity index (χ4v) is 3.73. The number of hydrogen-bond donors (Lipinski definition) is 2. The second kappa shape index (κ2) is 10.9. The Bertz CT molecular complexity index is 1130. The Labute approximate surface area is 201 Å². The van der Waals surface area contributed by atoms with Crippen molar-refractivity contribution >= 4 is 46.9 Å². The molecule has 1 aromatic heterocycles. The fraction of sp³-hybridized carbons (Fsp3) is 0.217. The monoisotopic (exact) mass is 487 g/mol. The summed E-state index contributed by atoms with van der Waals surface area (Å²) in [6.45, 7) is 3.68. The van der Waals surface area contributed by atoms with Crippen LogP contribution in [0.3, 0.4) is 0 Å². The summed E-state index contributed by atoms with van der Waals surface area (Å²) in [5.74, 6) is -0.851. The topological polar surface area (TPSA) is 98.8 Å². The molecule has 0 fully saturated rings. The van der Waals surface area contributed by atoms with Crippen molar-refractivity contribution in [2.24, 2.45) is 0 Å². The van der Waals surface area contributed by atoms with Crippen LogP contribution in [0.15, 0.2) is 54.0 Å². The molecule has 1 aromatic carbocycles. The van der Waals surface area contributed by atoms with Crippen LogP contribution in [0.25, 0.3) is 6.08 Å². The normalized spacial score (nSPS) is 15.6. The number of halogens is 1. The second-order valence-electron chi connectivity index (χ2n) is 6.86. The van der Waals surface area contributed by atoms with E-state index in [1.54, 1.807) is 56.6 Å². The number of nitrogens with zero attached hydrogens (tertiary/aromatic N) is 1. The van der Waals surface area contributed by atoms with Crippen LogP contribution in [0.2, 0.25) is 5.02 Å². The van der Waals surface area contributed by atoms with Crippen LogP contribution in [0, 0.1) is 0 Å². The van der Waals surface area contributed by atoms with E-state index in [4.69, 9.17) is 38.0 Å². The molecule has 172 valence electrons. The highest BCUT2D eigenvalue weighted by Crippen LogP contribution is 2.40. The summed E-state index contributed by atoms with van der Waals surface area (Å²) >= 11 is 11.7. The molecule has 0 aliphatic carbocycles. The number of allylic oxidation sites excluding steroid dienone is 1. The van der Waals surface area contributed by atoms with Crippen molar-refractivity contribution in [3.8, 4) is 11.5 Å². The Morgan fingerprint density at radius 3 is 2.67 bits per heavy atom. The Morgan fingerprint density at radius 1 is 1.27 bits per heavy atom. The number of esters is 2. The second-order valence-corrected chi connectivity index (χ2v) is 7.68. The molecule has 8 nitrogen and oxygen atoms in total. The largest absolute Gasteiger partial charge is 0.493 e. The lowest BCUT2D eigenvalue weighted by atomic mass is 9.95. The van der Waals surface area contributed by atoms with Gasteiger partial charge in [-0.3, -0.25) is 4.98 Å². The molecule has 33 heavy (non-hydrogen) atoms. The van der Waals surface area contributed by atoms with Gasteiger partial charge in [0.15, 0.2) is 16.6 Å². The van der Waals surface area contributed by atoms with Crippen molar-refractivity contribution in [3.63, 3.8) is 0 Å². The van der Waals surface area contributed by atoms with E-state index < -0.39 is 18.0 Å². The molecule has 0 bridgehead atoms. The van der Waals surface area contributed by atoms with Gasteiger partial charge in [0.05, 0.1) is 30.4 Å². The highest BCUT2D eigenvalue weighted by molar-refractivity contribution is 7.80. The van der Waals surface area contributed by atoms with E-state index in [9.17, 15) is 9.59 Å². The quantitative estimate of drug-likeness (QED) is 0.262. The molecule has 2 aromatic rings. The van der Waals surface area contributed by atoms with Crippen LogP contribution in [-0.4, -0.2) is 35.8 Å². The SMILES string of the molecule is CCOC(=O)C1=C(C)NC(=S)NC1c1cc(Cl)c(OC(=O)/C=C/c2ccncc2)c(OC)c1. The minimum Gasteiger partial charge on any atom is -0.493 e. The van der Waals surface area contributed by atoms with Gasteiger partial charge in [-0.15, -0.1) is 0 Å². The number of nitrogens with one attached hydrogen (secondary N) is 2. The number of carbonyl (C=O) groups is 2. The lowest BCUT2D eigenvalue weighted by Crippen LogP contribution is -2.45. The molecule has 0 radical (unpaired) electrons. The summed E-state index contributed by atoms with van der Waals surface area (Å²) in [7, 11) is 1.42. The molecule has 1 aliphatic rings. The number of methoxy groups -OCH3 is 1. The third-order valence-corrected chi connectivity index (χ3v) is 5.17. The summed E-state index contributed by atoms with van der Waals surface area (Å²) in [5.41, 5.74) is 2.29. The van der Waals surface area contributed by atoms with Crippen LogP contribution in [0.1, 0.15) is 31.0 Å². The molecule has 1 unspecified atom stereocenters. The molecule has 2 N–H and O–H groups in total. The average molecular weight is 488 g/mol. The molecule has 1 atom stereocenters. The van der Waals surface area contributed by atoms with Gasteiger partial charge in [-0.1, -0.05) is 11.6 Å². The highest BCUT2D eigenvalue weighted by atomic mass is 35.5. The molecule has 0 saturated carbocycles. The summed E-state index contributed by atoms with van der Waals surface area (Å²) in [6, 6.07) is 6.07. The first-order chi connectivity index (χ1) is 15.8. The maximum absolute atomic E-state index is 12.6. The number of benzene rings is 1. The van der Waals surface area contributed by atoms with Crippen molar-refractivity contribution < 1.29 is 23.8 Å². The van der Waals surface area contributed by atoms with E-state index in [2.05, 4.69) is 15.6 Å². The van der Waals surface area contributed by atoms with Gasteiger partial charge in [0.1, 0.15) is 0 Å². The van der Waals surface area contributed by atoms with Gasteiger partial charge in [0.2, 0.25) is 0 Å². The average Bonchev–Trinajstić information content (AvgIpc) is 2.79. The summed E-state index contributed by atoms with van der Waals surface area (Å²) < 4.78 is 16.0. The zero-order valence-electron chi connectivity index (χ0n) is 18.2. The first-order valence-corrected chi connectivity index (χ1v) is 10.7. The van der Waals surface area contributed by atoms with E-state index in [0.29, 0.717) is 21.9 Å². The number of thiocarbonyl (C=S) groups is 1. The Morgan fingerprint density at radius 2 is 2.00 bits per heavy atom. The van der Waals surface area contributed by atoms with Gasteiger partial charge in [-0.25, -0.2) is 9.59 Å². The van der Waals surface area contributed by atoms with Crippen molar-refractivity contribution in [1.29, 1.82) is 0 Å².